The highest BCUT2D eigenvalue weighted by Crippen LogP contribution is 2.32. The van der Waals surface area contributed by atoms with E-state index in [9.17, 15) is 5.11 Å². The van der Waals surface area contributed by atoms with Crippen LogP contribution in [0.4, 0.5) is 5.69 Å². The van der Waals surface area contributed by atoms with Gasteiger partial charge in [0.05, 0.1) is 5.52 Å². The molecule has 1 fully saturated rings. The molecule has 5 heteroatoms. The zero-order valence-electron chi connectivity index (χ0n) is 20.9. The maximum Gasteiger partial charge on any atom is 0.115 e. The second-order valence-corrected chi connectivity index (χ2v) is 10.3. The van der Waals surface area contributed by atoms with Crippen molar-refractivity contribution in [3.05, 3.63) is 101 Å². The lowest BCUT2D eigenvalue weighted by atomic mass is 9.86. The molecule has 0 aliphatic carbocycles. The zero-order chi connectivity index (χ0) is 24.9. The molecule has 0 bridgehead atoms. The molecule has 2 heterocycles. The van der Waals surface area contributed by atoms with Crippen molar-refractivity contribution in [3.8, 4) is 5.75 Å². The number of fused-ring (bicyclic) bond motifs is 1. The number of hydrogen-bond donors (Lipinski definition) is 1. The van der Waals surface area contributed by atoms with E-state index in [0.29, 0.717) is 11.7 Å². The molecule has 0 spiro atoms. The molecule has 0 saturated carbocycles. The molecule has 1 N–H and O–H groups in total. The van der Waals surface area contributed by atoms with E-state index in [1.54, 1.807) is 12.1 Å². The summed E-state index contributed by atoms with van der Waals surface area (Å²) in [4.78, 5) is 9.57. The summed E-state index contributed by atoms with van der Waals surface area (Å²) in [7, 11) is 0. The minimum Gasteiger partial charge on any atom is -0.508 e. The normalized spacial score (nSPS) is 15.3. The van der Waals surface area contributed by atoms with Gasteiger partial charge in [0.1, 0.15) is 5.75 Å². The van der Waals surface area contributed by atoms with Gasteiger partial charge in [-0.05, 0) is 73.8 Å². The van der Waals surface area contributed by atoms with Crippen LogP contribution in [0.25, 0.3) is 10.9 Å². The topological polar surface area (TPSA) is 39.6 Å². The Morgan fingerprint density at radius 1 is 0.861 bits per heavy atom. The van der Waals surface area contributed by atoms with Crippen LogP contribution >= 0.6 is 11.6 Å². The summed E-state index contributed by atoms with van der Waals surface area (Å²) < 4.78 is 0. The van der Waals surface area contributed by atoms with Gasteiger partial charge in [-0.15, -0.1) is 0 Å². The number of aromatic nitrogens is 1. The summed E-state index contributed by atoms with van der Waals surface area (Å²) in [5.74, 6) is 0.681. The van der Waals surface area contributed by atoms with Gasteiger partial charge in [-0.3, -0.25) is 9.88 Å². The first-order chi connectivity index (χ1) is 17.6. The number of aryl methyl sites for hydroxylation is 1. The fraction of sp³-hybridized carbons (Fsp3) is 0.323. The summed E-state index contributed by atoms with van der Waals surface area (Å²) in [6, 6.07) is 24.7. The van der Waals surface area contributed by atoms with Crippen molar-refractivity contribution >= 4 is 28.2 Å². The number of rotatable bonds is 8. The molecule has 1 aliphatic rings. The number of nitrogens with zero attached hydrogens (tertiary/aromatic N) is 3. The van der Waals surface area contributed by atoms with Gasteiger partial charge in [0, 0.05) is 54.4 Å². The van der Waals surface area contributed by atoms with Gasteiger partial charge in [0.25, 0.3) is 0 Å². The van der Waals surface area contributed by atoms with Crippen molar-refractivity contribution in [3.63, 3.8) is 0 Å². The number of piperazine rings is 1. The fourth-order valence-corrected chi connectivity index (χ4v) is 5.48. The molecule has 4 nitrogen and oxygen atoms in total. The molecule has 4 aromatic rings. The van der Waals surface area contributed by atoms with Gasteiger partial charge in [-0.2, -0.15) is 0 Å². The second-order valence-electron chi connectivity index (χ2n) is 9.87. The standard InChI is InChI=1S/C31H34ClN3O/c1-23-5-7-24(8-6-23)28(25-9-12-27(36)13-10-25)4-2-3-17-34-18-20-35(21-19-34)31-15-16-33-30-22-26(32)11-14-29(30)31/h5-16,22,28,36H,2-4,17-21H2,1H3. The highest BCUT2D eigenvalue weighted by Gasteiger charge is 2.19. The van der Waals surface area contributed by atoms with Crippen molar-refractivity contribution < 1.29 is 5.11 Å². The third-order valence-corrected chi connectivity index (χ3v) is 7.62. The third kappa shape index (κ3) is 5.83. The Morgan fingerprint density at radius 2 is 1.56 bits per heavy atom. The van der Waals surface area contributed by atoms with Gasteiger partial charge in [0.15, 0.2) is 0 Å². The van der Waals surface area contributed by atoms with Crippen LogP contribution in [-0.2, 0) is 0 Å². The van der Waals surface area contributed by atoms with E-state index < -0.39 is 0 Å². The second kappa shape index (κ2) is 11.3. The Labute approximate surface area is 219 Å². The van der Waals surface area contributed by atoms with Crippen LogP contribution < -0.4 is 4.90 Å². The van der Waals surface area contributed by atoms with Crippen molar-refractivity contribution in [1.29, 1.82) is 0 Å². The molecular weight excluding hydrogens is 466 g/mol. The zero-order valence-corrected chi connectivity index (χ0v) is 21.7. The molecular formula is C31H34ClN3O. The largest absolute Gasteiger partial charge is 0.508 e. The number of unbranched alkanes of at least 4 members (excludes halogenated alkanes) is 1. The predicted molar refractivity (Wildman–Crippen MR) is 150 cm³/mol. The van der Waals surface area contributed by atoms with Crippen LogP contribution in [0.5, 0.6) is 5.75 Å². The van der Waals surface area contributed by atoms with Crippen molar-refractivity contribution in [1.82, 2.24) is 9.88 Å². The van der Waals surface area contributed by atoms with Crippen LogP contribution in [0.15, 0.2) is 79.0 Å². The molecule has 1 unspecified atom stereocenters. The van der Waals surface area contributed by atoms with Gasteiger partial charge in [-0.1, -0.05) is 60.0 Å². The Kier molecular flexibility index (Phi) is 7.74. The third-order valence-electron chi connectivity index (χ3n) is 7.39. The highest BCUT2D eigenvalue weighted by molar-refractivity contribution is 6.31. The van der Waals surface area contributed by atoms with Crippen LogP contribution in [0, 0.1) is 6.92 Å². The summed E-state index contributed by atoms with van der Waals surface area (Å²) in [6.45, 7) is 7.48. The van der Waals surface area contributed by atoms with E-state index in [4.69, 9.17) is 11.6 Å². The number of hydrogen-bond acceptors (Lipinski definition) is 4. The number of phenolic OH excluding ortho intramolecular Hbond substituents is 1. The van der Waals surface area contributed by atoms with Gasteiger partial charge in [-0.25, -0.2) is 0 Å². The van der Waals surface area contributed by atoms with Crippen LogP contribution in [0.1, 0.15) is 41.9 Å². The molecule has 36 heavy (non-hydrogen) atoms. The summed E-state index contributed by atoms with van der Waals surface area (Å²) in [6.07, 6.45) is 5.37. The molecule has 5 rings (SSSR count). The number of benzene rings is 3. The lowest BCUT2D eigenvalue weighted by Crippen LogP contribution is -2.46. The smallest absolute Gasteiger partial charge is 0.115 e. The van der Waals surface area contributed by atoms with Crippen molar-refractivity contribution in [2.75, 3.05) is 37.6 Å². The van der Waals surface area contributed by atoms with E-state index >= 15 is 0 Å². The number of phenols is 1. The average molecular weight is 500 g/mol. The van der Waals surface area contributed by atoms with E-state index in [2.05, 4.69) is 70.2 Å². The highest BCUT2D eigenvalue weighted by atomic mass is 35.5. The maximum absolute atomic E-state index is 9.74. The Balaban J connectivity index is 1.15. The van der Waals surface area contributed by atoms with E-state index in [0.717, 1.165) is 49.7 Å². The lowest BCUT2D eigenvalue weighted by molar-refractivity contribution is 0.252. The molecule has 0 amide bonds. The van der Waals surface area contributed by atoms with Crippen molar-refractivity contribution in [2.45, 2.75) is 32.1 Å². The van der Waals surface area contributed by atoms with Crippen LogP contribution in [-0.4, -0.2) is 47.7 Å². The number of aromatic hydroxyl groups is 1. The minimum atomic E-state index is 0.323. The maximum atomic E-state index is 9.74. The molecule has 3 aromatic carbocycles. The molecule has 0 radical (unpaired) electrons. The SMILES string of the molecule is Cc1ccc(C(CCCCN2CCN(c3ccnc4cc(Cl)ccc34)CC2)c2ccc(O)cc2)cc1. The summed E-state index contributed by atoms with van der Waals surface area (Å²) in [5.41, 5.74) is 6.12. The molecule has 1 aliphatic heterocycles. The Bertz CT molecular complexity index is 1240. The van der Waals surface area contributed by atoms with E-state index in [1.807, 2.05) is 18.3 Å². The minimum absolute atomic E-state index is 0.323. The van der Waals surface area contributed by atoms with Crippen LogP contribution in [0.2, 0.25) is 5.02 Å². The first-order valence-corrected chi connectivity index (χ1v) is 13.3. The predicted octanol–water partition coefficient (Wildman–Crippen LogP) is 7.03. The molecule has 1 atom stereocenters. The lowest BCUT2D eigenvalue weighted by Gasteiger charge is -2.36. The first kappa shape index (κ1) is 24.6. The van der Waals surface area contributed by atoms with Crippen molar-refractivity contribution in [2.24, 2.45) is 0 Å². The number of pyridine rings is 1. The molecule has 186 valence electrons. The van der Waals surface area contributed by atoms with Crippen LogP contribution in [0.3, 0.4) is 0 Å². The van der Waals surface area contributed by atoms with Gasteiger partial charge < -0.3 is 10.0 Å². The first-order valence-electron chi connectivity index (χ1n) is 12.9. The molecule has 1 saturated heterocycles. The average Bonchev–Trinajstić information content (AvgIpc) is 2.90. The quantitative estimate of drug-likeness (QED) is 0.264. The van der Waals surface area contributed by atoms with E-state index in [-0.39, 0.29) is 0 Å². The molecule has 1 aromatic heterocycles. The summed E-state index contributed by atoms with van der Waals surface area (Å²) in [5, 5.41) is 11.6. The number of halogens is 1. The fourth-order valence-electron chi connectivity index (χ4n) is 5.31. The van der Waals surface area contributed by atoms with Gasteiger partial charge in [0.2, 0.25) is 0 Å². The van der Waals surface area contributed by atoms with E-state index in [1.165, 1.54) is 40.6 Å². The van der Waals surface area contributed by atoms with Gasteiger partial charge >= 0.3 is 0 Å². The Morgan fingerprint density at radius 3 is 2.28 bits per heavy atom. The number of anilines is 1. The monoisotopic (exact) mass is 499 g/mol. The Hall–Kier alpha value is -3.08. The summed E-state index contributed by atoms with van der Waals surface area (Å²) >= 11 is 6.17.